The third-order valence-electron chi connectivity index (χ3n) is 11.8. The van der Waals surface area contributed by atoms with Gasteiger partial charge in [0.2, 0.25) is 0 Å². The fourth-order valence-electron chi connectivity index (χ4n) is 7.52. The van der Waals surface area contributed by atoms with Crippen LogP contribution in [0.25, 0.3) is 0 Å². The second-order valence-electron chi connectivity index (χ2n) is 18.5. The average molecular weight is 970 g/mol. The summed E-state index contributed by atoms with van der Waals surface area (Å²) >= 11 is 0. The summed E-state index contributed by atoms with van der Waals surface area (Å²) in [5.41, 5.74) is 0. The Hall–Kier alpha value is -4.19. The van der Waals surface area contributed by atoms with E-state index in [0.29, 0.717) is 19.3 Å². The van der Waals surface area contributed by atoms with E-state index >= 15 is 0 Å². The highest BCUT2D eigenvalue weighted by Gasteiger charge is 2.19. The summed E-state index contributed by atoms with van der Waals surface area (Å²) in [6.07, 6.45) is 79.1. The number of esters is 3. The number of rotatable bonds is 50. The lowest BCUT2D eigenvalue weighted by molar-refractivity contribution is -0.166. The van der Waals surface area contributed by atoms with Crippen LogP contribution in [-0.4, -0.2) is 37.2 Å². The van der Waals surface area contributed by atoms with Crippen molar-refractivity contribution in [2.24, 2.45) is 0 Å². The lowest BCUT2D eigenvalue weighted by atomic mass is 10.1. The molecule has 396 valence electrons. The summed E-state index contributed by atoms with van der Waals surface area (Å²) in [5, 5.41) is 0. The van der Waals surface area contributed by atoms with Crippen LogP contribution < -0.4 is 0 Å². The molecule has 0 spiro atoms. The van der Waals surface area contributed by atoms with Crippen molar-refractivity contribution >= 4 is 17.9 Å². The summed E-state index contributed by atoms with van der Waals surface area (Å²) in [6, 6.07) is 0. The SMILES string of the molecule is CC\C=C/C=C\C=C/CCCCCCCCCC(=O)OCC(COC(=O)CC/C=C\C/C=C\C/C=C\C/C=C\C/C=C\C/C=C\CC)OC(=O)CCCCCCC/C=C\CCCCCCCCCCC. The van der Waals surface area contributed by atoms with Gasteiger partial charge in [-0.3, -0.25) is 14.4 Å². The van der Waals surface area contributed by atoms with Crippen molar-refractivity contribution in [1.82, 2.24) is 0 Å². The Morgan fingerprint density at radius 1 is 0.314 bits per heavy atom. The van der Waals surface area contributed by atoms with Crippen LogP contribution in [0.2, 0.25) is 0 Å². The minimum atomic E-state index is -0.822. The first-order chi connectivity index (χ1) is 34.5. The van der Waals surface area contributed by atoms with Gasteiger partial charge >= 0.3 is 17.9 Å². The molecular weight excluding hydrogens is 865 g/mol. The average Bonchev–Trinajstić information content (AvgIpc) is 3.36. The first-order valence-corrected chi connectivity index (χ1v) is 28.6. The fraction of sp³-hybridized carbons (Fsp3) is 0.641. The summed E-state index contributed by atoms with van der Waals surface area (Å²) in [4.78, 5) is 38.1. The van der Waals surface area contributed by atoms with Crippen LogP contribution in [0.5, 0.6) is 0 Å². The van der Waals surface area contributed by atoms with Crippen molar-refractivity contribution in [2.45, 2.75) is 252 Å². The van der Waals surface area contributed by atoms with Crippen molar-refractivity contribution in [2.75, 3.05) is 13.2 Å². The van der Waals surface area contributed by atoms with Gasteiger partial charge in [0.25, 0.3) is 0 Å². The van der Waals surface area contributed by atoms with E-state index in [0.717, 1.165) is 103 Å². The third-order valence-corrected chi connectivity index (χ3v) is 11.8. The molecule has 0 saturated carbocycles. The predicted molar refractivity (Wildman–Crippen MR) is 302 cm³/mol. The van der Waals surface area contributed by atoms with Gasteiger partial charge < -0.3 is 14.2 Å². The van der Waals surface area contributed by atoms with Crippen LogP contribution in [0, 0.1) is 0 Å². The molecule has 0 aromatic carbocycles. The minimum absolute atomic E-state index is 0.114. The second kappa shape index (κ2) is 57.4. The van der Waals surface area contributed by atoms with E-state index in [1.807, 2.05) is 6.08 Å². The lowest BCUT2D eigenvalue weighted by Crippen LogP contribution is -2.30. The Morgan fingerprint density at radius 2 is 0.657 bits per heavy atom. The monoisotopic (exact) mass is 969 g/mol. The van der Waals surface area contributed by atoms with Crippen LogP contribution in [-0.2, 0) is 28.6 Å². The molecule has 0 fully saturated rings. The standard InChI is InChI=1S/C64H104O6/c1-4-7-10-13-16-19-22-25-28-30-32-34-36-39-42-45-48-51-54-57-63(66)69-60-61(59-68-62(65)56-53-50-47-44-41-38-35-27-24-21-18-15-12-9-6-3)70-64(67)58-55-52-49-46-43-40-37-33-31-29-26-23-20-17-14-11-8-5-2/h7,9-10,12,15-16,18-19,21,24-25,28,32-34,37,39,42,48,51,61H,4-6,8,11,13-14,17,20,22-23,26-27,29-31,35-36,38,40-41,43-47,49-50,52-60H2,1-3H3/b10-7-,12-9-,18-15-,19-16-,24-21-,28-25-,34-32-,37-33-,42-39-,51-48-. The van der Waals surface area contributed by atoms with Crippen LogP contribution >= 0.6 is 0 Å². The number of ether oxygens (including phenoxy) is 3. The zero-order valence-electron chi connectivity index (χ0n) is 45.2. The van der Waals surface area contributed by atoms with Gasteiger partial charge in [0.1, 0.15) is 13.2 Å². The zero-order valence-corrected chi connectivity index (χ0v) is 45.2. The fourth-order valence-corrected chi connectivity index (χ4v) is 7.52. The highest BCUT2D eigenvalue weighted by Crippen LogP contribution is 2.14. The summed E-state index contributed by atoms with van der Waals surface area (Å²) in [7, 11) is 0. The van der Waals surface area contributed by atoms with Crippen molar-refractivity contribution in [3.63, 3.8) is 0 Å². The van der Waals surface area contributed by atoms with E-state index in [9.17, 15) is 14.4 Å². The van der Waals surface area contributed by atoms with E-state index in [4.69, 9.17) is 14.2 Å². The zero-order chi connectivity index (χ0) is 50.7. The van der Waals surface area contributed by atoms with E-state index in [1.54, 1.807) is 0 Å². The van der Waals surface area contributed by atoms with Crippen molar-refractivity contribution in [3.8, 4) is 0 Å². The Labute approximate surface area is 431 Å². The molecule has 0 saturated heterocycles. The largest absolute Gasteiger partial charge is 0.462 e. The van der Waals surface area contributed by atoms with E-state index in [2.05, 4.69) is 136 Å². The molecule has 0 N–H and O–H groups in total. The van der Waals surface area contributed by atoms with Gasteiger partial charge in [0.05, 0.1) is 0 Å². The molecule has 0 aromatic heterocycles. The molecule has 0 aliphatic carbocycles. The molecule has 0 radical (unpaired) electrons. The Morgan fingerprint density at radius 3 is 1.11 bits per heavy atom. The number of allylic oxidation sites excluding steroid dienone is 20. The van der Waals surface area contributed by atoms with Crippen LogP contribution in [0.3, 0.4) is 0 Å². The van der Waals surface area contributed by atoms with Gasteiger partial charge in [-0.1, -0.05) is 245 Å². The third kappa shape index (κ3) is 54.7. The maximum atomic E-state index is 12.9. The van der Waals surface area contributed by atoms with Gasteiger partial charge in [-0.15, -0.1) is 0 Å². The van der Waals surface area contributed by atoms with Gasteiger partial charge in [0, 0.05) is 19.3 Å². The molecule has 0 aliphatic rings. The number of hydrogen-bond acceptors (Lipinski definition) is 6. The number of carbonyl (C=O) groups excluding carboxylic acids is 3. The van der Waals surface area contributed by atoms with Crippen LogP contribution in [0.1, 0.15) is 245 Å². The van der Waals surface area contributed by atoms with Gasteiger partial charge in [-0.05, 0) is 103 Å². The lowest BCUT2D eigenvalue weighted by Gasteiger charge is -2.18. The molecule has 1 atom stereocenters. The Bertz CT molecular complexity index is 1490. The minimum Gasteiger partial charge on any atom is -0.462 e. The van der Waals surface area contributed by atoms with E-state index in [1.165, 1.54) is 96.3 Å². The normalized spacial score (nSPS) is 13.0. The maximum absolute atomic E-state index is 12.9. The predicted octanol–water partition coefficient (Wildman–Crippen LogP) is 19.3. The van der Waals surface area contributed by atoms with Gasteiger partial charge in [-0.2, -0.15) is 0 Å². The van der Waals surface area contributed by atoms with E-state index in [-0.39, 0.29) is 37.5 Å². The summed E-state index contributed by atoms with van der Waals surface area (Å²) < 4.78 is 16.8. The molecule has 70 heavy (non-hydrogen) atoms. The number of unbranched alkanes of at least 4 members (excludes halogenated alkanes) is 21. The molecule has 0 rings (SSSR count). The van der Waals surface area contributed by atoms with Crippen molar-refractivity contribution in [3.05, 3.63) is 122 Å². The molecule has 0 aliphatic heterocycles. The molecule has 0 amide bonds. The first kappa shape index (κ1) is 65.8. The highest BCUT2D eigenvalue weighted by atomic mass is 16.6. The molecule has 0 aromatic rings. The topological polar surface area (TPSA) is 78.9 Å². The van der Waals surface area contributed by atoms with E-state index < -0.39 is 6.10 Å². The smallest absolute Gasteiger partial charge is 0.306 e. The number of carbonyl (C=O) groups is 3. The summed E-state index contributed by atoms with van der Waals surface area (Å²) in [5.74, 6) is -1.02. The molecule has 1 unspecified atom stereocenters. The quantitative estimate of drug-likeness (QED) is 0.0199. The Balaban J connectivity index is 4.53. The maximum Gasteiger partial charge on any atom is 0.306 e. The number of hydrogen-bond donors (Lipinski definition) is 0. The second-order valence-corrected chi connectivity index (χ2v) is 18.5. The molecule has 0 heterocycles. The highest BCUT2D eigenvalue weighted by molar-refractivity contribution is 5.71. The molecule has 6 nitrogen and oxygen atoms in total. The summed E-state index contributed by atoms with van der Waals surface area (Å²) in [6.45, 7) is 6.31. The van der Waals surface area contributed by atoms with Crippen LogP contribution in [0.15, 0.2) is 122 Å². The van der Waals surface area contributed by atoms with Gasteiger partial charge in [0.15, 0.2) is 6.10 Å². The van der Waals surface area contributed by atoms with Crippen LogP contribution in [0.4, 0.5) is 0 Å². The van der Waals surface area contributed by atoms with Gasteiger partial charge in [-0.25, -0.2) is 0 Å². The first-order valence-electron chi connectivity index (χ1n) is 28.6. The molecule has 6 heteroatoms. The van der Waals surface area contributed by atoms with Crippen molar-refractivity contribution < 1.29 is 28.6 Å². The molecular formula is C64H104O6. The Kier molecular flexibility index (Phi) is 54.0. The molecule has 0 bridgehead atoms. The van der Waals surface area contributed by atoms with Crippen molar-refractivity contribution in [1.29, 1.82) is 0 Å².